The highest BCUT2D eigenvalue weighted by atomic mass is 35.5. The van der Waals surface area contributed by atoms with E-state index in [9.17, 15) is 9.59 Å². The standard InChI is InChI=1S/C13H14ClNO3S/c1-2-18-13(17)8-15-12(19)7-11(16)9-5-3-4-6-10(9)14/h3-6H,2,7-8H2,1H3,(H,15,19). The molecule has 4 nitrogen and oxygen atoms in total. The highest BCUT2D eigenvalue weighted by molar-refractivity contribution is 7.80. The quantitative estimate of drug-likeness (QED) is 0.496. The monoisotopic (exact) mass is 299 g/mol. The van der Waals surface area contributed by atoms with E-state index in [1.165, 1.54) is 0 Å². The van der Waals surface area contributed by atoms with Crippen LogP contribution in [-0.2, 0) is 9.53 Å². The molecule has 0 atom stereocenters. The van der Waals surface area contributed by atoms with Gasteiger partial charge in [0.2, 0.25) is 0 Å². The zero-order valence-corrected chi connectivity index (χ0v) is 12.0. The van der Waals surface area contributed by atoms with E-state index < -0.39 is 5.97 Å². The molecule has 0 saturated carbocycles. The summed E-state index contributed by atoms with van der Waals surface area (Å²) in [5.41, 5.74) is 0.421. The first-order valence-electron chi connectivity index (χ1n) is 5.74. The van der Waals surface area contributed by atoms with Crippen LogP contribution in [0.5, 0.6) is 0 Å². The van der Waals surface area contributed by atoms with E-state index >= 15 is 0 Å². The lowest BCUT2D eigenvalue weighted by atomic mass is 10.1. The Morgan fingerprint density at radius 3 is 2.68 bits per heavy atom. The summed E-state index contributed by atoms with van der Waals surface area (Å²) in [6.45, 7) is 1.99. The van der Waals surface area contributed by atoms with E-state index in [0.29, 0.717) is 17.2 Å². The molecule has 0 radical (unpaired) electrons. The smallest absolute Gasteiger partial charge is 0.325 e. The van der Waals surface area contributed by atoms with Crippen LogP contribution in [0.15, 0.2) is 24.3 Å². The number of carbonyl (C=O) groups is 2. The Bertz CT molecular complexity index is 491. The first-order chi connectivity index (χ1) is 9.04. The van der Waals surface area contributed by atoms with Crippen molar-refractivity contribution in [3.63, 3.8) is 0 Å². The summed E-state index contributed by atoms with van der Waals surface area (Å²) in [6.07, 6.45) is 0.0124. The average Bonchev–Trinajstić information content (AvgIpc) is 2.37. The van der Waals surface area contributed by atoms with Gasteiger partial charge in [0.15, 0.2) is 5.78 Å². The fraction of sp³-hybridized carbons (Fsp3) is 0.308. The Morgan fingerprint density at radius 2 is 2.05 bits per heavy atom. The minimum absolute atomic E-state index is 0.0124. The zero-order valence-electron chi connectivity index (χ0n) is 10.4. The molecule has 1 aromatic rings. The predicted molar refractivity (Wildman–Crippen MR) is 77.6 cm³/mol. The summed E-state index contributed by atoms with van der Waals surface area (Å²) in [4.78, 5) is 23.3. The lowest BCUT2D eigenvalue weighted by Crippen LogP contribution is -2.30. The van der Waals surface area contributed by atoms with E-state index in [1.807, 2.05) is 0 Å². The molecule has 1 rings (SSSR count). The summed E-state index contributed by atoms with van der Waals surface area (Å²) >= 11 is 10.9. The van der Waals surface area contributed by atoms with Crippen molar-refractivity contribution in [1.82, 2.24) is 5.32 Å². The molecule has 0 heterocycles. The third kappa shape index (κ3) is 5.36. The van der Waals surface area contributed by atoms with Gasteiger partial charge in [0.1, 0.15) is 6.54 Å². The summed E-state index contributed by atoms with van der Waals surface area (Å²) in [6, 6.07) is 6.76. The average molecular weight is 300 g/mol. The fourth-order valence-electron chi connectivity index (χ4n) is 1.37. The van der Waals surface area contributed by atoms with Crippen LogP contribution in [0.3, 0.4) is 0 Å². The number of nitrogens with one attached hydrogen (secondary N) is 1. The van der Waals surface area contributed by atoms with Crippen LogP contribution in [-0.4, -0.2) is 29.9 Å². The molecule has 0 amide bonds. The number of ether oxygens (including phenoxy) is 1. The number of carbonyl (C=O) groups excluding carboxylic acids is 2. The van der Waals surface area contributed by atoms with Gasteiger partial charge in [-0.3, -0.25) is 9.59 Å². The van der Waals surface area contributed by atoms with Gasteiger partial charge < -0.3 is 10.1 Å². The maximum absolute atomic E-state index is 11.9. The van der Waals surface area contributed by atoms with E-state index in [2.05, 4.69) is 5.32 Å². The highest BCUT2D eigenvalue weighted by Crippen LogP contribution is 2.16. The summed E-state index contributed by atoms with van der Waals surface area (Å²) in [5, 5.41) is 3.07. The van der Waals surface area contributed by atoms with E-state index in [4.69, 9.17) is 28.6 Å². The number of thiocarbonyl (C=S) groups is 1. The van der Waals surface area contributed by atoms with Crippen molar-refractivity contribution in [3.05, 3.63) is 34.9 Å². The van der Waals surface area contributed by atoms with Gasteiger partial charge in [0, 0.05) is 5.56 Å². The second kappa shape index (κ2) is 7.86. The Morgan fingerprint density at radius 1 is 1.37 bits per heavy atom. The third-order valence-electron chi connectivity index (χ3n) is 2.23. The molecule has 1 aromatic carbocycles. The third-order valence-corrected chi connectivity index (χ3v) is 2.85. The number of hydrogen-bond acceptors (Lipinski definition) is 4. The van der Waals surface area contributed by atoms with E-state index in [-0.39, 0.29) is 23.7 Å². The number of halogens is 1. The van der Waals surface area contributed by atoms with Crippen molar-refractivity contribution < 1.29 is 14.3 Å². The molecule has 0 aliphatic heterocycles. The Hall–Kier alpha value is -1.46. The van der Waals surface area contributed by atoms with E-state index in [1.54, 1.807) is 31.2 Å². The normalized spacial score (nSPS) is 9.79. The summed E-state index contributed by atoms with van der Waals surface area (Å²) in [7, 11) is 0. The van der Waals surface area contributed by atoms with Crippen molar-refractivity contribution in [2.24, 2.45) is 0 Å². The Kier molecular flexibility index (Phi) is 6.45. The molecule has 0 aliphatic carbocycles. The van der Waals surface area contributed by atoms with Crippen molar-refractivity contribution >= 4 is 40.6 Å². The number of hydrogen-bond donors (Lipinski definition) is 1. The van der Waals surface area contributed by atoms with Gasteiger partial charge in [0.25, 0.3) is 0 Å². The maximum atomic E-state index is 11.9. The molecule has 19 heavy (non-hydrogen) atoms. The van der Waals surface area contributed by atoms with Gasteiger partial charge in [-0.05, 0) is 19.1 Å². The van der Waals surface area contributed by atoms with Crippen LogP contribution in [0.1, 0.15) is 23.7 Å². The summed E-state index contributed by atoms with van der Waals surface area (Å²) < 4.78 is 4.73. The van der Waals surface area contributed by atoms with Crippen LogP contribution in [0.25, 0.3) is 0 Å². The van der Waals surface area contributed by atoms with Gasteiger partial charge in [0.05, 0.1) is 23.0 Å². The molecule has 1 N–H and O–H groups in total. The minimum atomic E-state index is -0.407. The molecule has 0 saturated heterocycles. The van der Waals surface area contributed by atoms with Gasteiger partial charge in [-0.15, -0.1) is 0 Å². The molecular formula is C13H14ClNO3S. The molecule has 0 aromatic heterocycles. The van der Waals surface area contributed by atoms with Crippen LogP contribution in [0.4, 0.5) is 0 Å². The number of ketones is 1. The molecular weight excluding hydrogens is 286 g/mol. The molecule has 0 fully saturated rings. The zero-order chi connectivity index (χ0) is 14.3. The van der Waals surface area contributed by atoms with Crippen LogP contribution in [0, 0.1) is 0 Å². The highest BCUT2D eigenvalue weighted by Gasteiger charge is 2.12. The van der Waals surface area contributed by atoms with Gasteiger partial charge in [-0.1, -0.05) is 36.0 Å². The number of Topliss-reactive ketones (excluding diaryl/α,β-unsaturated/α-hetero) is 1. The van der Waals surface area contributed by atoms with Crippen molar-refractivity contribution in [1.29, 1.82) is 0 Å². The Balaban J connectivity index is 2.47. The largest absolute Gasteiger partial charge is 0.465 e. The lowest BCUT2D eigenvalue weighted by Gasteiger charge is -2.07. The molecule has 6 heteroatoms. The molecule has 0 aliphatic rings. The van der Waals surface area contributed by atoms with Crippen LogP contribution < -0.4 is 5.32 Å². The van der Waals surface area contributed by atoms with Crippen LogP contribution in [0.2, 0.25) is 5.02 Å². The van der Waals surface area contributed by atoms with Gasteiger partial charge in [-0.25, -0.2) is 0 Å². The molecule has 102 valence electrons. The van der Waals surface area contributed by atoms with Crippen molar-refractivity contribution in [2.75, 3.05) is 13.2 Å². The maximum Gasteiger partial charge on any atom is 0.325 e. The second-order valence-electron chi connectivity index (χ2n) is 3.66. The first kappa shape index (κ1) is 15.6. The van der Waals surface area contributed by atoms with Crippen LogP contribution >= 0.6 is 23.8 Å². The summed E-state index contributed by atoms with van der Waals surface area (Å²) in [5.74, 6) is -0.595. The number of esters is 1. The second-order valence-corrected chi connectivity index (χ2v) is 4.56. The molecule has 0 spiro atoms. The fourth-order valence-corrected chi connectivity index (χ4v) is 1.82. The SMILES string of the molecule is CCOC(=O)CNC(=S)CC(=O)c1ccccc1Cl. The van der Waals surface area contributed by atoms with Gasteiger partial charge in [-0.2, -0.15) is 0 Å². The minimum Gasteiger partial charge on any atom is -0.465 e. The first-order valence-corrected chi connectivity index (χ1v) is 6.53. The van der Waals surface area contributed by atoms with Crippen molar-refractivity contribution in [2.45, 2.75) is 13.3 Å². The lowest BCUT2D eigenvalue weighted by molar-refractivity contribution is -0.141. The van der Waals surface area contributed by atoms with E-state index in [0.717, 1.165) is 0 Å². The number of rotatable bonds is 6. The predicted octanol–water partition coefficient (Wildman–Crippen LogP) is 2.39. The number of benzene rings is 1. The molecule has 0 bridgehead atoms. The van der Waals surface area contributed by atoms with Crippen molar-refractivity contribution in [3.8, 4) is 0 Å². The topological polar surface area (TPSA) is 55.4 Å². The molecule has 0 unspecified atom stereocenters. The van der Waals surface area contributed by atoms with Gasteiger partial charge >= 0.3 is 5.97 Å². The Labute approximate surface area is 122 Å².